The summed E-state index contributed by atoms with van der Waals surface area (Å²) in [5.74, 6) is 0.920. The molecule has 18 unspecified atom stereocenters. The smallest absolute Gasteiger partial charge is 0.237 e. The maximum absolute atomic E-state index is 12.9. The third kappa shape index (κ3) is 13.9. The van der Waals surface area contributed by atoms with Crippen molar-refractivity contribution in [2.45, 2.75) is 187 Å². The molecule has 2 amide bonds. The molecule has 0 aliphatic carbocycles. The van der Waals surface area contributed by atoms with Crippen LogP contribution in [0, 0.1) is 11.8 Å². The summed E-state index contributed by atoms with van der Waals surface area (Å²) >= 11 is 15.1. The third-order valence-electron chi connectivity index (χ3n) is 11.8. The number of alkyl halides is 2. The lowest BCUT2D eigenvalue weighted by molar-refractivity contribution is -0.205. The quantitative estimate of drug-likeness (QED) is 0.112. The van der Waals surface area contributed by atoms with Crippen molar-refractivity contribution in [1.29, 1.82) is 0 Å². The van der Waals surface area contributed by atoms with Crippen molar-refractivity contribution in [2.24, 2.45) is 11.8 Å². The number of nitrogens with one attached hydrogen (secondary N) is 4. The number of hydrogen-bond acceptors (Lipinski definition) is 14. The number of carbonyl (C=O) groups is 2. The molecule has 0 radical (unpaired) electrons. The van der Waals surface area contributed by atoms with E-state index in [1.54, 1.807) is 26.4 Å². The van der Waals surface area contributed by atoms with Gasteiger partial charge in [-0.2, -0.15) is 0 Å². The second-order valence-electron chi connectivity index (χ2n) is 15.8. The first-order valence-electron chi connectivity index (χ1n) is 20.4. The van der Waals surface area contributed by atoms with Crippen LogP contribution in [0.4, 0.5) is 0 Å². The van der Waals surface area contributed by atoms with Gasteiger partial charge in [-0.25, -0.2) is 0 Å². The van der Waals surface area contributed by atoms with Gasteiger partial charge in [0.05, 0.1) is 34.9 Å². The maximum Gasteiger partial charge on any atom is 0.237 e. The second-order valence-corrected chi connectivity index (χ2v) is 19.1. The Morgan fingerprint density at radius 3 is 1.45 bits per heavy atom. The first kappa shape index (κ1) is 50.2. The van der Waals surface area contributed by atoms with Crippen molar-refractivity contribution >= 4 is 58.5 Å². The Bertz CT molecular complexity index is 1170. The lowest BCUT2D eigenvalue weighted by Gasteiger charge is -2.44. The SMILES string of the molecule is CCC1CCNC(C(=O)NC(C(C)Cl)C2OC(SC)C(O)C(O)C2O)CC1.CCCCC1CCNC(C(=O)NC(C(C)Cl)C2OC(SC)C(O)C(O)C2O)CC1. The number of halogens is 2. The van der Waals surface area contributed by atoms with E-state index < -0.39 is 82.5 Å². The van der Waals surface area contributed by atoms with E-state index >= 15 is 0 Å². The predicted molar refractivity (Wildman–Crippen MR) is 223 cm³/mol. The van der Waals surface area contributed by atoms with Crippen LogP contribution in [-0.4, -0.2) is 163 Å². The van der Waals surface area contributed by atoms with Crippen LogP contribution >= 0.6 is 46.7 Å². The number of carbonyl (C=O) groups excluding carboxylic acids is 2. The fourth-order valence-corrected chi connectivity index (χ4v) is 9.81. The molecule has 4 heterocycles. The van der Waals surface area contributed by atoms with E-state index in [4.69, 9.17) is 32.7 Å². The van der Waals surface area contributed by atoms with Crippen molar-refractivity contribution in [1.82, 2.24) is 21.3 Å². The monoisotopic (exact) mass is 876 g/mol. The lowest BCUT2D eigenvalue weighted by atomic mass is 9.92. The zero-order chi connectivity index (χ0) is 41.7. The minimum absolute atomic E-state index is 0.171. The number of ether oxygens (including phenoxy) is 2. The van der Waals surface area contributed by atoms with E-state index in [1.807, 2.05) is 0 Å². The molecule has 4 fully saturated rings. The van der Waals surface area contributed by atoms with Gasteiger partial charge in [0.25, 0.3) is 0 Å². The molecule has 4 aliphatic rings. The molecule has 18 atom stereocenters. The summed E-state index contributed by atoms with van der Waals surface area (Å²) < 4.78 is 11.6. The Hall–Kier alpha value is -0.180. The summed E-state index contributed by atoms with van der Waals surface area (Å²) in [6.07, 6.45) is 4.17. The molecule has 0 bridgehead atoms. The minimum atomic E-state index is -1.36. The molecule has 0 saturated carbocycles. The number of amides is 2. The molecule has 4 aliphatic heterocycles. The van der Waals surface area contributed by atoms with Crippen LogP contribution in [-0.2, 0) is 19.1 Å². The number of thioether (sulfide) groups is 2. The number of rotatable bonds is 14. The highest BCUT2D eigenvalue weighted by molar-refractivity contribution is 7.99. The zero-order valence-electron chi connectivity index (χ0n) is 33.8. The van der Waals surface area contributed by atoms with Crippen LogP contribution in [0.1, 0.15) is 91.9 Å². The Kier molecular flexibility index (Phi) is 22.3. The summed E-state index contributed by atoms with van der Waals surface area (Å²) in [4.78, 5) is 25.8. The molecule has 0 spiro atoms. The Morgan fingerprint density at radius 2 is 1.07 bits per heavy atom. The largest absolute Gasteiger partial charge is 0.388 e. The van der Waals surface area contributed by atoms with Gasteiger partial charge in [-0.05, 0) is 89.8 Å². The fraction of sp³-hybridized carbons (Fsp3) is 0.947. The van der Waals surface area contributed by atoms with Crippen LogP contribution in [0.25, 0.3) is 0 Å². The number of hydrogen-bond donors (Lipinski definition) is 10. The van der Waals surface area contributed by atoms with Crippen molar-refractivity contribution < 1.29 is 49.7 Å². The predicted octanol–water partition coefficient (Wildman–Crippen LogP) is 1.66. The second kappa shape index (κ2) is 24.9. The van der Waals surface area contributed by atoms with Crippen LogP contribution in [0.15, 0.2) is 0 Å². The highest BCUT2D eigenvalue weighted by atomic mass is 35.5. The summed E-state index contributed by atoms with van der Waals surface area (Å²) in [5.41, 5.74) is -1.41. The van der Waals surface area contributed by atoms with Gasteiger partial charge < -0.3 is 61.4 Å². The molecule has 0 aromatic rings. The van der Waals surface area contributed by atoms with Crippen molar-refractivity contribution in [2.75, 3.05) is 25.6 Å². The highest BCUT2D eigenvalue weighted by Gasteiger charge is 2.49. The average molecular weight is 878 g/mol. The van der Waals surface area contributed by atoms with Gasteiger partial charge >= 0.3 is 0 Å². The van der Waals surface area contributed by atoms with E-state index in [0.717, 1.165) is 58.0 Å². The van der Waals surface area contributed by atoms with Gasteiger partial charge in [0.1, 0.15) is 59.7 Å². The van der Waals surface area contributed by atoms with E-state index in [9.17, 15) is 40.2 Å². The molecule has 56 heavy (non-hydrogen) atoms. The van der Waals surface area contributed by atoms with Gasteiger partial charge in [-0.3, -0.25) is 9.59 Å². The average Bonchev–Trinajstić information content (AvgIpc) is 3.58. The molecule has 328 valence electrons. The van der Waals surface area contributed by atoms with Crippen LogP contribution in [0.2, 0.25) is 0 Å². The fourth-order valence-electron chi connectivity index (χ4n) is 8.04. The zero-order valence-corrected chi connectivity index (χ0v) is 36.9. The summed E-state index contributed by atoms with van der Waals surface area (Å²) in [7, 11) is 0. The van der Waals surface area contributed by atoms with Crippen molar-refractivity contribution in [3.63, 3.8) is 0 Å². The molecule has 14 nitrogen and oxygen atoms in total. The van der Waals surface area contributed by atoms with Crippen molar-refractivity contribution in [3.05, 3.63) is 0 Å². The molecule has 4 rings (SSSR count). The Morgan fingerprint density at radius 1 is 0.661 bits per heavy atom. The molecular weight excluding hydrogens is 807 g/mol. The molecule has 10 N–H and O–H groups in total. The van der Waals surface area contributed by atoms with E-state index in [0.29, 0.717) is 11.8 Å². The minimum Gasteiger partial charge on any atom is -0.388 e. The highest BCUT2D eigenvalue weighted by Crippen LogP contribution is 2.32. The Labute approximate surface area is 352 Å². The van der Waals surface area contributed by atoms with Crippen LogP contribution in [0.3, 0.4) is 0 Å². The molecule has 0 aromatic heterocycles. The van der Waals surface area contributed by atoms with Gasteiger partial charge in [-0.1, -0.05) is 39.5 Å². The summed E-state index contributed by atoms with van der Waals surface area (Å²) in [6.45, 7) is 9.38. The van der Waals surface area contributed by atoms with Crippen LogP contribution < -0.4 is 21.3 Å². The third-order valence-corrected chi connectivity index (χ3v) is 14.0. The van der Waals surface area contributed by atoms with Gasteiger partial charge in [0, 0.05) is 0 Å². The molecule has 0 aromatic carbocycles. The topological polar surface area (TPSA) is 222 Å². The van der Waals surface area contributed by atoms with Gasteiger partial charge in [0.2, 0.25) is 11.8 Å². The van der Waals surface area contributed by atoms with Crippen LogP contribution in [0.5, 0.6) is 0 Å². The lowest BCUT2D eigenvalue weighted by Crippen LogP contribution is -2.65. The summed E-state index contributed by atoms with van der Waals surface area (Å²) in [5, 5.41) is 72.7. The van der Waals surface area contributed by atoms with Gasteiger partial charge in [-0.15, -0.1) is 46.7 Å². The van der Waals surface area contributed by atoms with E-state index in [-0.39, 0.29) is 23.9 Å². The standard InChI is InChI=1S/C20H37ClN2O5S.C18H33ClN2O5S/c1-4-5-6-12-7-8-13(22-10-9-12)19(27)23-14(11(2)21)18-16(25)15(24)17(26)20(28-18)29-3;1-4-10-5-6-11(20-8-7-10)17(25)21-12(9(2)19)16-14(23)13(22)15(24)18(26-16)27-3/h11-18,20,22,24-26H,4-10H2,1-3H3,(H,23,27);9-16,18,20,22-24H,4-8H2,1-3H3,(H,21,25). The van der Waals surface area contributed by atoms with E-state index in [2.05, 4.69) is 35.1 Å². The number of unbranched alkanes of at least 4 members (excludes halogenated alkanes) is 1. The summed E-state index contributed by atoms with van der Waals surface area (Å²) in [6, 6.07) is -2.02. The molecular formula is C38H70Cl2N4O10S2. The first-order chi connectivity index (χ1) is 26.6. The normalized spacial score (nSPS) is 39.0. The Balaban J connectivity index is 0.000000301. The maximum atomic E-state index is 12.9. The number of aliphatic hydroxyl groups excluding tert-OH is 6. The van der Waals surface area contributed by atoms with Gasteiger partial charge in [0.15, 0.2) is 0 Å². The first-order valence-corrected chi connectivity index (χ1v) is 23.8. The van der Waals surface area contributed by atoms with Crippen molar-refractivity contribution in [3.8, 4) is 0 Å². The number of aliphatic hydroxyl groups is 6. The molecule has 4 saturated heterocycles. The molecule has 18 heteroatoms. The van der Waals surface area contributed by atoms with E-state index in [1.165, 1.54) is 42.8 Å².